The fourth-order valence-electron chi connectivity index (χ4n) is 1.11. The number of hydrogen-bond donors (Lipinski definition) is 1. The number of benzene rings is 1. The van der Waals surface area contributed by atoms with Crippen molar-refractivity contribution in [3.8, 4) is 5.75 Å². The van der Waals surface area contributed by atoms with Crippen molar-refractivity contribution in [2.24, 2.45) is 0 Å². The van der Waals surface area contributed by atoms with Crippen molar-refractivity contribution in [2.45, 2.75) is 0 Å². The molecule has 0 aliphatic heterocycles. The maximum Gasteiger partial charge on any atom is 0.119 e. The quantitative estimate of drug-likeness (QED) is 0.591. The molecule has 1 rings (SSSR count). The topological polar surface area (TPSA) is 18.5 Å². The molecule has 0 unspecified atom stereocenters. The van der Waals surface area contributed by atoms with Gasteiger partial charge in [-0.3, -0.25) is 0 Å². The third-order valence-corrected chi connectivity index (χ3v) is 2.06. The van der Waals surface area contributed by atoms with Gasteiger partial charge in [0, 0.05) is 12.9 Å². The van der Waals surface area contributed by atoms with E-state index in [0.29, 0.717) is 13.2 Å². The number of rotatable bonds is 6. The summed E-state index contributed by atoms with van der Waals surface area (Å²) in [6.07, 6.45) is 4.04. The Morgan fingerprint density at radius 2 is 1.93 bits per heavy atom. The van der Waals surface area contributed by atoms with E-state index in [9.17, 15) is 0 Å². The lowest BCUT2D eigenvalue weighted by molar-refractivity contribution is 0.146. The molecule has 1 aromatic rings. The van der Waals surface area contributed by atoms with E-state index in [4.69, 9.17) is 9.47 Å². The molecular weight excluding hydrogens is 208 g/mol. The van der Waals surface area contributed by atoms with Crippen LogP contribution in [0.4, 0.5) is 0 Å². The number of hydrogen-bond acceptors (Lipinski definition) is 3. The molecule has 0 aliphatic carbocycles. The Balaban J connectivity index is 2.45. The van der Waals surface area contributed by atoms with E-state index in [2.05, 4.69) is 12.6 Å². The number of methoxy groups -OCH3 is 1. The molecule has 3 heteroatoms. The molecule has 0 saturated carbocycles. The summed E-state index contributed by atoms with van der Waals surface area (Å²) in [4.78, 5) is 0. The second kappa shape index (κ2) is 7.37. The van der Waals surface area contributed by atoms with Crippen molar-refractivity contribution in [2.75, 3.05) is 26.1 Å². The second-order valence-corrected chi connectivity index (χ2v) is 3.36. The Morgan fingerprint density at radius 1 is 1.20 bits per heavy atom. The second-order valence-electron chi connectivity index (χ2n) is 3.00. The number of thiol groups is 1. The molecule has 0 aliphatic rings. The van der Waals surface area contributed by atoms with Gasteiger partial charge >= 0.3 is 0 Å². The van der Waals surface area contributed by atoms with Crippen LogP contribution in [-0.4, -0.2) is 26.1 Å². The molecule has 0 heterocycles. The summed E-state index contributed by atoms with van der Waals surface area (Å²) in [6.45, 7) is 1.20. The molecule has 15 heavy (non-hydrogen) atoms. The minimum Gasteiger partial charge on any atom is -0.491 e. The van der Waals surface area contributed by atoms with E-state index in [-0.39, 0.29) is 0 Å². The first-order valence-electron chi connectivity index (χ1n) is 4.86. The van der Waals surface area contributed by atoms with Crippen molar-refractivity contribution in [1.82, 2.24) is 0 Å². The molecule has 0 saturated heterocycles. The monoisotopic (exact) mass is 224 g/mol. The van der Waals surface area contributed by atoms with Crippen LogP contribution >= 0.6 is 12.6 Å². The Labute approximate surface area is 96.3 Å². The fraction of sp³-hybridized carbons (Fsp3) is 0.333. The largest absolute Gasteiger partial charge is 0.491 e. The lowest BCUT2D eigenvalue weighted by Crippen LogP contribution is -2.03. The molecular formula is C12H16O2S. The van der Waals surface area contributed by atoms with E-state index < -0.39 is 0 Å². The maximum absolute atomic E-state index is 5.44. The summed E-state index contributed by atoms with van der Waals surface area (Å²) in [6, 6.07) is 7.94. The minimum atomic E-state index is 0.586. The molecule has 0 radical (unpaired) electrons. The lowest BCUT2D eigenvalue weighted by atomic mass is 10.2. The van der Waals surface area contributed by atoms with Gasteiger partial charge in [-0.25, -0.2) is 0 Å². The maximum atomic E-state index is 5.44. The molecule has 0 bridgehead atoms. The standard InChI is InChI=1S/C12H16O2S/c1-13-8-9-14-12-6-4-11(5-7-12)3-2-10-15/h2-7,15H,8-10H2,1H3. The van der Waals surface area contributed by atoms with Gasteiger partial charge in [0.25, 0.3) is 0 Å². The Morgan fingerprint density at radius 3 is 2.53 bits per heavy atom. The van der Waals surface area contributed by atoms with E-state index in [1.165, 1.54) is 0 Å². The highest BCUT2D eigenvalue weighted by Crippen LogP contribution is 2.13. The summed E-state index contributed by atoms with van der Waals surface area (Å²) in [7, 11) is 1.66. The van der Waals surface area contributed by atoms with Crippen molar-refractivity contribution >= 4 is 18.7 Å². The highest BCUT2D eigenvalue weighted by Gasteiger charge is 1.92. The van der Waals surface area contributed by atoms with Gasteiger partial charge in [-0.05, 0) is 17.7 Å². The average Bonchev–Trinajstić information content (AvgIpc) is 2.28. The predicted molar refractivity (Wildman–Crippen MR) is 66.7 cm³/mol. The fourth-order valence-corrected chi connectivity index (χ4v) is 1.21. The van der Waals surface area contributed by atoms with E-state index in [0.717, 1.165) is 17.1 Å². The SMILES string of the molecule is COCCOc1ccc(C=CCS)cc1. The van der Waals surface area contributed by atoms with Gasteiger partial charge in [-0.2, -0.15) is 12.6 Å². The van der Waals surface area contributed by atoms with Gasteiger partial charge in [0.15, 0.2) is 0 Å². The molecule has 2 nitrogen and oxygen atoms in total. The van der Waals surface area contributed by atoms with Crippen molar-refractivity contribution in [3.63, 3.8) is 0 Å². The van der Waals surface area contributed by atoms with E-state index in [1.54, 1.807) is 7.11 Å². The third-order valence-electron chi connectivity index (χ3n) is 1.85. The van der Waals surface area contributed by atoms with Gasteiger partial charge in [-0.1, -0.05) is 24.3 Å². The first kappa shape index (κ1) is 12.1. The van der Waals surface area contributed by atoms with Gasteiger partial charge in [0.2, 0.25) is 0 Å². The summed E-state index contributed by atoms with van der Waals surface area (Å²) in [5.41, 5.74) is 1.16. The molecule has 82 valence electrons. The van der Waals surface area contributed by atoms with Crippen LogP contribution in [0.2, 0.25) is 0 Å². The normalized spacial score (nSPS) is 10.8. The zero-order valence-electron chi connectivity index (χ0n) is 8.85. The van der Waals surface area contributed by atoms with Crippen molar-refractivity contribution in [3.05, 3.63) is 35.9 Å². The van der Waals surface area contributed by atoms with Gasteiger partial charge in [0.1, 0.15) is 12.4 Å². The smallest absolute Gasteiger partial charge is 0.119 e. The highest BCUT2D eigenvalue weighted by molar-refractivity contribution is 7.80. The van der Waals surface area contributed by atoms with Crippen molar-refractivity contribution in [1.29, 1.82) is 0 Å². The van der Waals surface area contributed by atoms with Crippen LogP contribution in [0.25, 0.3) is 6.08 Å². The Kier molecular flexibility index (Phi) is 5.97. The summed E-state index contributed by atoms with van der Waals surface area (Å²) in [5.74, 6) is 1.63. The molecule has 0 fully saturated rings. The Hall–Kier alpha value is -0.930. The first-order valence-corrected chi connectivity index (χ1v) is 5.49. The summed E-state index contributed by atoms with van der Waals surface area (Å²) >= 11 is 4.10. The molecule has 0 atom stereocenters. The molecule has 0 aromatic heterocycles. The minimum absolute atomic E-state index is 0.586. The van der Waals surface area contributed by atoms with Crippen LogP contribution in [0.15, 0.2) is 30.3 Å². The zero-order chi connectivity index (χ0) is 10.9. The number of ether oxygens (including phenoxy) is 2. The van der Waals surface area contributed by atoms with Crippen LogP contribution in [0.1, 0.15) is 5.56 Å². The van der Waals surface area contributed by atoms with Crippen LogP contribution in [0.3, 0.4) is 0 Å². The van der Waals surface area contributed by atoms with Gasteiger partial charge < -0.3 is 9.47 Å². The molecule has 0 amide bonds. The van der Waals surface area contributed by atoms with Crippen LogP contribution in [-0.2, 0) is 4.74 Å². The third kappa shape index (κ3) is 4.91. The van der Waals surface area contributed by atoms with Crippen LogP contribution < -0.4 is 4.74 Å². The Bertz CT molecular complexity index is 293. The average molecular weight is 224 g/mol. The summed E-state index contributed by atoms with van der Waals surface area (Å²) < 4.78 is 10.3. The van der Waals surface area contributed by atoms with Crippen LogP contribution in [0.5, 0.6) is 5.75 Å². The lowest BCUT2D eigenvalue weighted by Gasteiger charge is -2.05. The highest BCUT2D eigenvalue weighted by atomic mass is 32.1. The zero-order valence-corrected chi connectivity index (χ0v) is 9.74. The van der Waals surface area contributed by atoms with Crippen LogP contribution in [0, 0.1) is 0 Å². The molecule has 0 N–H and O–H groups in total. The van der Waals surface area contributed by atoms with Crippen molar-refractivity contribution < 1.29 is 9.47 Å². The van der Waals surface area contributed by atoms with Gasteiger partial charge in [0.05, 0.1) is 6.61 Å². The van der Waals surface area contributed by atoms with E-state index in [1.807, 2.05) is 36.4 Å². The summed E-state index contributed by atoms with van der Waals surface area (Å²) in [5, 5.41) is 0. The first-order chi connectivity index (χ1) is 7.36. The van der Waals surface area contributed by atoms with Gasteiger partial charge in [-0.15, -0.1) is 0 Å². The van der Waals surface area contributed by atoms with E-state index >= 15 is 0 Å². The molecule has 1 aromatic carbocycles. The molecule has 0 spiro atoms. The predicted octanol–water partition coefficient (Wildman–Crippen LogP) is 2.65.